The first-order valence-electron chi connectivity index (χ1n) is 7.79. The maximum Gasteiger partial charge on any atom is 0.124 e. The van der Waals surface area contributed by atoms with E-state index in [1.165, 1.54) is 25.7 Å². The highest BCUT2D eigenvalue weighted by atomic mass is 16.5. The fourth-order valence-electron chi connectivity index (χ4n) is 2.95. The molecule has 5 heteroatoms. The summed E-state index contributed by atoms with van der Waals surface area (Å²) < 4.78 is 12.7. The molecule has 3 rings (SSSR count). The molecule has 1 aliphatic carbocycles. The van der Waals surface area contributed by atoms with Gasteiger partial charge < -0.3 is 14.8 Å². The highest BCUT2D eigenvalue weighted by Crippen LogP contribution is 2.29. The first kappa shape index (κ1) is 14.8. The number of benzene rings is 1. The second kappa shape index (κ2) is 6.73. The standard InChI is InChI=1S/C17H23N3O2/c1-21-16-9-14(10-17(11-16)22-2)18-12-13-7-8-20(19-13)15-5-3-4-6-15/h7-11,15,18H,3-6,12H2,1-2H3. The molecule has 0 atom stereocenters. The SMILES string of the molecule is COc1cc(NCc2ccn(C3CCCC3)n2)cc(OC)c1. The molecule has 1 fully saturated rings. The van der Waals surface area contributed by atoms with Crippen LogP contribution in [0.4, 0.5) is 5.69 Å². The van der Waals surface area contributed by atoms with Crippen molar-refractivity contribution in [3.63, 3.8) is 0 Å². The minimum absolute atomic E-state index is 0.589. The average Bonchev–Trinajstić information content (AvgIpc) is 3.23. The molecule has 22 heavy (non-hydrogen) atoms. The van der Waals surface area contributed by atoms with Crippen LogP contribution in [0, 0.1) is 0 Å². The van der Waals surface area contributed by atoms with Gasteiger partial charge in [0.15, 0.2) is 0 Å². The van der Waals surface area contributed by atoms with Gasteiger partial charge in [-0.25, -0.2) is 0 Å². The normalized spacial score (nSPS) is 15.0. The summed E-state index contributed by atoms with van der Waals surface area (Å²) >= 11 is 0. The van der Waals surface area contributed by atoms with E-state index in [-0.39, 0.29) is 0 Å². The first-order chi connectivity index (χ1) is 10.8. The van der Waals surface area contributed by atoms with Gasteiger partial charge in [0, 0.05) is 30.1 Å². The lowest BCUT2D eigenvalue weighted by molar-refractivity contribution is 0.394. The molecule has 1 N–H and O–H groups in total. The highest BCUT2D eigenvalue weighted by Gasteiger charge is 2.17. The Bertz CT molecular complexity index is 596. The van der Waals surface area contributed by atoms with Gasteiger partial charge in [-0.2, -0.15) is 5.10 Å². The molecule has 1 aromatic heterocycles. The Morgan fingerprint density at radius 2 is 1.82 bits per heavy atom. The van der Waals surface area contributed by atoms with Crippen molar-refractivity contribution in [3.05, 3.63) is 36.2 Å². The maximum absolute atomic E-state index is 5.28. The monoisotopic (exact) mass is 301 g/mol. The largest absolute Gasteiger partial charge is 0.497 e. The van der Waals surface area contributed by atoms with Crippen molar-refractivity contribution in [2.75, 3.05) is 19.5 Å². The molecule has 5 nitrogen and oxygen atoms in total. The molecule has 0 aliphatic heterocycles. The molecule has 1 heterocycles. The van der Waals surface area contributed by atoms with Crippen LogP contribution in [0.15, 0.2) is 30.5 Å². The smallest absolute Gasteiger partial charge is 0.124 e. The molecule has 0 amide bonds. The van der Waals surface area contributed by atoms with E-state index in [0.717, 1.165) is 22.9 Å². The van der Waals surface area contributed by atoms with Gasteiger partial charge in [-0.05, 0) is 18.9 Å². The van der Waals surface area contributed by atoms with Gasteiger partial charge >= 0.3 is 0 Å². The zero-order valence-electron chi connectivity index (χ0n) is 13.2. The van der Waals surface area contributed by atoms with E-state index in [0.29, 0.717) is 12.6 Å². The molecule has 118 valence electrons. The molecular formula is C17H23N3O2. The van der Waals surface area contributed by atoms with Crippen LogP contribution in [-0.2, 0) is 6.54 Å². The topological polar surface area (TPSA) is 48.3 Å². The van der Waals surface area contributed by atoms with Crippen molar-refractivity contribution >= 4 is 5.69 Å². The molecule has 1 saturated carbocycles. The first-order valence-corrected chi connectivity index (χ1v) is 7.79. The van der Waals surface area contributed by atoms with E-state index in [4.69, 9.17) is 9.47 Å². The van der Waals surface area contributed by atoms with Crippen LogP contribution in [0.2, 0.25) is 0 Å². The number of rotatable bonds is 6. The third-order valence-corrected chi connectivity index (χ3v) is 4.19. The molecule has 2 aromatic rings. The van der Waals surface area contributed by atoms with Crippen LogP contribution in [0.25, 0.3) is 0 Å². The maximum atomic E-state index is 5.28. The fourth-order valence-corrected chi connectivity index (χ4v) is 2.95. The molecule has 0 bridgehead atoms. The van der Waals surface area contributed by atoms with Crippen LogP contribution in [0.5, 0.6) is 11.5 Å². The van der Waals surface area contributed by atoms with E-state index in [1.54, 1.807) is 14.2 Å². The summed E-state index contributed by atoms with van der Waals surface area (Å²) in [7, 11) is 3.31. The fraction of sp³-hybridized carbons (Fsp3) is 0.471. The Hall–Kier alpha value is -2.17. The van der Waals surface area contributed by atoms with Crippen molar-refractivity contribution in [1.82, 2.24) is 9.78 Å². The van der Waals surface area contributed by atoms with E-state index in [1.807, 2.05) is 18.2 Å². The van der Waals surface area contributed by atoms with Crippen molar-refractivity contribution in [2.45, 2.75) is 38.3 Å². The van der Waals surface area contributed by atoms with E-state index in [2.05, 4.69) is 27.4 Å². The highest BCUT2D eigenvalue weighted by molar-refractivity contribution is 5.53. The number of hydrogen-bond donors (Lipinski definition) is 1. The van der Waals surface area contributed by atoms with Gasteiger partial charge in [0.2, 0.25) is 0 Å². The Balaban J connectivity index is 1.64. The lowest BCUT2D eigenvalue weighted by Gasteiger charge is -2.10. The van der Waals surface area contributed by atoms with E-state index in [9.17, 15) is 0 Å². The zero-order chi connectivity index (χ0) is 15.4. The molecule has 1 aromatic carbocycles. The predicted molar refractivity (Wildman–Crippen MR) is 86.6 cm³/mol. The summed E-state index contributed by atoms with van der Waals surface area (Å²) in [6.07, 6.45) is 7.24. The minimum atomic E-state index is 0.589. The molecular weight excluding hydrogens is 278 g/mol. The van der Waals surface area contributed by atoms with Gasteiger partial charge in [-0.1, -0.05) is 12.8 Å². The number of methoxy groups -OCH3 is 2. The average molecular weight is 301 g/mol. The van der Waals surface area contributed by atoms with Gasteiger partial charge in [0.05, 0.1) is 32.5 Å². The van der Waals surface area contributed by atoms with Crippen LogP contribution in [-0.4, -0.2) is 24.0 Å². The van der Waals surface area contributed by atoms with Gasteiger partial charge in [0.25, 0.3) is 0 Å². The summed E-state index contributed by atoms with van der Waals surface area (Å²) in [6.45, 7) is 0.691. The van der Waals surface area contributed by atoms with Crippen LogP contribution >= 0.6 is 0 Å². The summed E-state index contributed by atoms with van der Waals surface area (Å²) in [4.78, 5) is 0. The van der Waals surface area contributed by atoms with Gasteiger partial charge in [-0.3, -0.25) is 4.68 Å². The van der Waals surface area contributed by atoms with Crippen molar-refractivity contribution in [1.29, 1.82) is 0 Å². The molecule has 1 aliphatic rings. The summed E-state index contributed by atoms with van der Waals surface area (Å²) in [5, 5.41) is 8.06. The molecule has 0 spiro atoms. The number of hydrogen-bond acceptors (Lipinski definition) is 4. The third kappa shape index (κ3) is 3.35. The summed E-state index contributed by atoms with van der Waals surface area (Å²) in [5.41, 5.74) is 2.01. The number of nitrogens with one attached hydrogen (secondary N) is 1. The van der Waals surface area contributed by atoms with Crippen molar-refractivity contribution in [2.24, 2.45) is 0 Å². The second-order valence-electron chi connectivity index (χ2n) is 5.68. The Kier molecular flexibility index (Phi) is 4.51. The van der Waals surface area contributed by atoms with Crippen molar-refractivity contribution in [3.8, 4) is 11.5 Å². The number of ether oxygens (including phenoxy) is 2. The number of aromatic nitrogens is 2. The quantitative estimate of drug-likeness (QED) is 0.885. The van der Waals surface area contributed by atoms with Crippen LogP contribution in [0.3, 0.4) is 0 Å². The van der Waals surface area contributed by atoms with Gasteiger partial charge in [-0.15, -0.1) is 0 Å². The van der Waals surface area contributed by atoms with Crippen LogP contribution < -0.4 is 14.8 Å². The van der Waals surface area contributed by atoms with E-state index >= 15 is 0 Å². The van der Waals surface area contributed by atoms with E-state index < -0.39 is 0 Å². The number of nitrogens with zero attached hydrogens (tertiary/aromatic N) is 2. The Morgan fingerprint density at radius 1 is 1.14 bits per heavy atom. The van der Waals surface area contributed by atoms with Crippen molar-refractivity contribution < 1.29 is 9.47 Å². The second-order valence-corrected chi connectivity index (χ2v) is 5.68. The van der Waals surface area contributed by atoms with Crippen LogP contribution in [0.1, 0.15) is 37.4 Å². The lowest BCUT2D eigenvalue weighted by Crippen LogP contribution is -2.07. The Labute approximate surface area is 131 Å². The Morgan fingerprint density at radius 3 is 2.45 bits per heavy atom. The number of anilines is 1. The summed E-state index contributed by atoms with van der Waals surface area (Å²) in [5.74, 6) is 1.55. The lowest BCUT2D eigenvalue weighted by atomic mass is 10.2. The minimum Gasteiger partial charge on any atom is -0.497 e. The molecule has 0 saturated heterocycles. The summed E-state index contributed by atoms with van der Waals surface area (Å²) in [6, 6.07) is 8.45. The molecule has 0 unspecified atom stereocenters. The van der Waals surface area contributed by atoms with Gasteiger partial charge in [0.1, 0.15) is 11.5 Å². The zero-order valence-corrected chi connectivity index (χ0v) is 13.2. The molecule has 0 radical (unpaired) electrons. The predicted octanol–water partition coefficient (Wildman–Crippen LogP) is 3.63. The third-order valence-electron chi connectivity index (χ3n) is 4.19.